The molecule has 0 aliphatic carbocycles. The highest BCUT2D eigenvalue weighted by molar-refractivity contribution is 5.93. The normalized spacial score (nSPS) is 17.0. The molecule has 15 heteroatoms. The lowest BCUT2D eigenvalue weighted by Crippen LogP contribution is -2.41. The molecule has 1 N–H and O–H groups in total. The molecule has 0 aromatic carbocycles. The van der Waals surface area contributed by atoms with Crippen LogP contribution in [0, 0.1) is 5.92 Å². The van der Waals surface area contributed by atoms with Gasteiger partial charge in [-0.3, -0.25) is 23.5 Å². The minimum atomic E-state index is -2.81. The molecule has 1 saturated heterocycles. The van der Waals surface area contributed by atoms with E-state index in [1.54, 1.807) is 32.0 Å². The second-order valence-corrected chi connectivity index (χ2v) is 10.3. The number of rotatable bonds is 8. The number of pyridine rings is 1. The van der Waals surface area contributed by atoms with Crippen LogP contribution < -0.4 is 21.5 Å². The zero-order valence-electron chi connectivity index (χ0n) is 23.4. The van der Waals surface area contributed by atoms with Crippen molar-refractivity contribution in [3.8, 4) is 11.3 Å². The lowest BCUT2D eigenvalue weighted by Gasteiger charge is -2.16. The molecule has 220 valence electrons. The van der Waals surface area contributed by atoms with E-state index in [0.29, 0.717) is 11.3 Å². The molecular weight excluding hydrogens is 552 g/mol. The topological polar surface area (TPSA) is 150 Å². The average molecular weight is 582 g/mol. The highest BCUT2D eigenvalue weighted by Gasteiger charge is 2.46. The lowest BCUT2D eigenvalue weighted by molar-refractivity contribution is -0.120. The third kappa shape index (κ3) is 5.17. The van der Waals surface area contributed by atoms with Crippen LogP contribution in [0.5, 0.6) is 0 Å². The molecule has 1 unspecified atom stereocenters. The molecule has 0 saturated carbocycles. The molecule has 13 nitrogen and oxygen atoms in total. The molecule has 1 fully saturated rings. The van der Waals surface area contributed by atoms with E-state index in [9.17, 15) is 28.0 Å². The maximum atomic E-state index is 13.9. The Bertz CT molecular complexity index is 1800. The van der Waals surface area contributed by atoms with Crippen LogP contribution >= 0.6 is 0 Å². The number of carbonyl (C=O) groups is 2. The number of aryl methyl sites for hydroxylation is 1. The zero-order valence-corrected chi connectivity index (χ0v) is 23.4. The second-order valence-electron chi connectivity index (χ2n) is 10.3. The van der Waals surface area contributed by atoms with Gasteiger partial charge in [-0.1, -0.05) is 19.9 Å². The van der Waals surface area contributed by atoms with Crippen molar-refractivity contribution in [2.45, 2.75) is 45.7 Å². The number of carbonyl (C=O) groups excluding carboxylic acids is 2. The number of hydrogen-bond donors (Lipinski definition) is 1. The predicted molar refractivity (Wildman–Crippen MR) is 149 cm³/mol. The van der Waals surface area contributed by atoms with Gasteiger partial charge in [-0.25, -0.2) is 33.5 Å². The summed E-state index contributed by atoms with van der Waals surface area (Å²) in [5.74, 6) is -4.00. The fraction of sp³-hybridized carbons (Fsp3) is 0.407. The molecule has 0 radical (unpaired) electrons. The summed E-state index contributed by atoms with van der Waals surface area (Å²) >= 11 is 0. The number of Topliss-reactive ketones (excluding diaryl/α,β-unsaturated/α-hetero) is 1. The summed E-state index contributed by atoms with van der Waals surface area (Å²) < 4.78 is 31.2. The maximum absolute atomic E-state index is 13.9. The van der Waals surface area contributed by atoms with Crippen molar-refractivity contribution in [2.75, 3.05) is 23.3 Å². The standard InChI is InChI=1S/C27H29F2N9O4/c1-5-18(39)12-37-24(41)21-22(35(4)26(37)42)32-14-38(21)16(3)23(40)34-20-8-6-7-19(33-20)17-9-30-25(31-10-17)36-11-15(2)27(28,29)13-36/h6-10,14-16H,5,11-13H2,1-4H3,(H,33,34,40)/t15?,16-/m0/s1. The van der Waals surface area contributed by atoms with E-state index < -0.39 is 41.6 Å². The van der Waals surface area contributed by atoms with Crippen LogP contribution in [0.1, 0.15) is 33.2 Å². The van der Waals surface area contributed by atoms with E-state index in [1.807, 2.05) is 0 Å². The summed E-state index contributed by atoms with van der Waals surface area (Å²) in [4.78, 5) is 69.7. The Balaban J connectivity index is 1.36. The first-order valence-electron chi connectivity index (χ1n) is 13.3. The Hall–Kier alpha value is -4.82. The van der Waals surface area contributed by atoms with Gasteiger partial charge in [0.1, 0.15) is 11.9 Å². The van der Waals surface area contributed by atoms with Crippen LogP contribution in [0.2, 0.25) is 0 Å². The predicted octanol–water partition coefficient (Wildman–Crippen LogP) is 2.02. The van der Waals surface area contributed by atoms with E-state index in [2.05, 4.69) is 25.3 Å². The molecular formula is C27H29F2N9O4. The third-order valence-electron chi connectivity index (χ3n) is 7.42. The summed E-state index contributed by atoms with van der Waals surface area (Å²) in [5.41, 5.74) is -0.345. The van der Waals surface area contributed by atoms with Gasteiger partial charge < -0.3 is 14.8 Å². The van der Waals surface area contributed by atoms with Gasteiger partial charge in [-0.15, -0.1) is 0 Å². The number of alkyl halides is 2. The molecule has 4 aromatic rings. The molecule has 5 rings (SSSR count). The van der Waals surface area contributed by atoms with Crippen LogP contribution in [-0.4, -0.2) is 64.3 Å². The molecule has 1 aliphatic heterocycles. The summed E-state index contributed by atoms with van der Waals surface area (Å²) in [5, 5.41) is 2.71. The van der Waals surface area contributed by atoms with Crippen LogP contribution in [0.3, 0.4) is 0 Å². The second kappa shape index (κ2) is 10.9. The first-order chi connectivity index (χ1) is 19.9. The van der Waals surface area contributed by atoms with E-state index in [1.165, 1.54) is 42.2 Å². The summed E-state index contributed by atoms with van der Waals surface area (Å²) in [7, 11) is 1.44. The minimum Gasteiger partial charge on any atom is -0.334 e. The number of fused-ring (bicyclic) bond motifs is 1. The minimum absolute atomic E-state index is 0.00719. The van der Waals surface area contributed by atoms with E-state index in [0.717, 1.165) is 9.13 Å². The number of hydrogen-bond acceptors (Lipinski definition) is 9. The Morgan fingerprint density at radius 2 is 1.88 bits per heavy atom. The molecule has 42 heavy (non-hydrogen) atoms. The van der Waals surface area contributed by atoms with Crippen LogP contribution in [-0.2, 0) is 23.2 Å². The molecule has 5 heterocycles. The Morgan fingerprint density at radius 1 is 1.17 bits per heavy atom. The number of ketones is 1. The molecule has 0 spiro atoms. The first-order valence-corrected chi connectivity index (χ1v) is 13.3. The molecule has 2 atom stereocenters. The van der Waals surface area contributed by atoms with Crippen molar-refractivity contribution in [2.24, 2.45) is 13.0 Å². The van der Waals surface area contributed by atoms with Gasteiger partial charge in [0.25, 0.3) is 11.5 Å². The van der Waals surface area contributed by atoms with Crippen molar-refractivity contribution >= 4 is 34.6 Å². The SMILES string of the molecule is CCC(=O)Cn1c(=O)c2c(ncn2[C@@H](C)C(=O)Nc2cccc(-c3cnc(N4CC(C)C(F)(F)C4)nc3)n2)n(C)c1=O. The summed E-state index contributed by atoms with van der Waals surface area (Å²) in [6.07, 6.45) is 4.42. The van der Waals surface area contributed by atoms with Gasteiger partial charge in [-0.2, -0.15) is 0 Å². The van der Waals surface area contributed by atoms with Gasteiger partial charge in [-0.05, 0) is 19.1 Å². The van der Waals surface area contributed by atoms with E-state index >= 15 is 0 Å². The fourth-order valence-electron chi connectivity index (χ4n) is 4.74. The van der Waals surface area contributed by atoms with Crippen molar-refractivity contribution in [3.63, 3.8) is 0 Å². The van der Waals surface area contributed by atoms with Crippen LogP contribution in [0.4, 0.5) is 20.5 Å². The zero-order chi connectivity index (χ0) is 30.3. The lowest BCUT2D eigenvalue weighted by atomic mass is 10.1. The van der Waals surface area contributed by atoms with Crippen molar-refractivity contribution in [1.82, 2.24) is 33.6 Å². The number of nitrogens with one attached hydrogen (secondary N) is 1. The highest BCUT2D eigenvalue weighted by atomic mass is 19.3. The number of nitrogens with zero attached hydrogens (tertiary/aromatic N) is 8. The van der Waals surface area contributed by atoms with Crippen molar-refractivity contribution in [3.05, 3.63) is 57.8 Å². The van der Waals surface area contributed by atoms with Gasteiger partial charge in [0.15, 0.2) is 16.9 Å². The molecule has 0 bridgehead atoms. The summed E-state index contributed by atoms with van der Waals surface area (Å²) in [6, 6.07) is 4.00. The molecule has 4 aromatic heterocycles. The van der Waals surface area contributed by atoms with Crippen LogP contribution in [0.25, 0.3) is 22.4 Å². The van der Waals surface area contributed by atoms with Gasteiger partial charge in [0.05, 0.1) is 25.1 Å². The van der Waals surface area contributed by atoms with Gasteiger partial charge in [0, 0.05) is 43.9 Å². The number of aromatic nitrogens is 7. The van der Waals surface area contributed by atoms with E-state index in [4.69, 9.17) is 0 Å². The van der Waals surface area contributed by atoms with E-state index in [-0.39, 0.29) is 48.2 Å². The number of halogens is 2. The number of anilines is 2. The average Bonchev–Trinajstić information content (AvgIpc) is 3.54. The number of imidazole rings is 1. The van der Waals surface area contributed by atoms with Crippen molar-refractivity contribution in [1.29, 1.82) is 0 Å². The Labute approximate surface area is 237 Å². The molecule has 1 aliphatic rings. The number of amides is 1. The monoisotopic (exact) mass is 581 g/mol. The maximum Gasteiger partial charge on any atom is 0.332 e. The first kappa shape index (κ1) is 28.7. The largest absolute Gasteiger partial charge is 0.334 e. The molecule has 1 amide bonds. The van der Waals surface area contributed by atoms with Crippen molar-refractivity contribution < 1.29 is 18.4 Å². The van der Waals surface area contributed by atoms with Gasteiger partial charge >= 0.3 is 5.69 Å². The highest BCUT2D eigenvalue weighted by Crippen LogP contribution is 2.34. The summed E-state index contributed by atoms with van der Waals surface area (Å²) in [6.45, 7) is 4.01. The Morgan fingerprint density at radius 3 is 2.52 bits per heavy atom. The smallest absolute Gasteiger partial charge is 0.332 e. The fourth-order valence-corrected chi connectivity index (χ4v) is 4.74. The Kier molecular flexibility index (Phi) is 7.43. The van der Waals surface area contributed by atoms with Gasteiger partial charge in [0.2, 0.25) is 11.9 Å². The third-order valence-corrected chi connectivity index (χ3v) is 7.42. The quantitative estimate of drug-likeness (QED) is 0.330. The van der Waals surface area contributed by atoms with Crippen LogP contribution in [0.15, 0.2) is 46.5 Å².